The van der Waals surface area contributed by atoms with Crippen LogP contribution in [0.3, 0.4) is 0 Å². The number of hydrogen-bond acceptors (Lipinski definition) is 0. The van der Waals surface area contributed by atoms with Gasteiger partial charge in [-0.2, -0.15) is 0 Å². The Hall–Kier alpha value is -0.400. The van der Waals surface area contributed by atoms with Gasteiger partial charge < -0.3 is 0 Å². The van der Waals surface area contributed by atoms with Gasteiger partial charge in [-0.15, -0.1) is 0 Å². The van der Waals surface area contributed by atoms with E-state index in [1.807, 2.05) is 0 Å². The van der Waals surface area contributed by atoms with Crippen molar-refractivity contribution in [2.45, 2.75) is 25.2 Å². The summed E-state index contributed by atoms with van der Waals surface area (Å²) >= 11 is 0. The van der Waals surface area contributed by atoms with Gasteiger partial charge in [0.1, 0.15) is 0 Å². The highest BCUT2D eigenvalue weighted by atomic mass is 19.3. The van der Waals surface area contributed by atoms with E-state index < -0.39 is 11.3 Å². The first-order valence-corrected chi connectivity index (χ1v) is 3.25. The molecule has 0 aromatic rings. The molecule has 0 bridgehead atoms. The van der Waals surface area contributed by atoms with Crippen LogP contribution in [0.1, 0.15) is 19.3 Å². The van der Waals surface area contributed by atoms with E-state index in [1.165, 1.54) is 0 Å². The second-order valence-corrected chi connectivity index (χ2v) is 2.93. The maximum atomic E-state index is 12.7. The molecule has 2 aliphatic rings. The molecule has 0 aliphatic heterocycles. The van der Waals surface area contributed by atoms with Crippen molar-refractivity contribution in [3.05, 3.63) is 12.2 Å². The lowest BCUT2D eigenvalue weighted by atomic mass is 10.00. The van der Waals surface area contributed by atoms with Crippen LogP contribution in [0.15, 0.2) is 12.2 Å². The molecule has 2 heteroatoms. The molecule has 2 rings (SSSR count). The largest absolute Gasteiger partial charge is 0.260 e. The lowest BCUT2D eigenvalue weighted by Crippen LogP contribution is -2.23. The second-order valence-electron chi connectivity index (χ2n) is 2.93. The number of halogens is 2. The van der Waals surface area contributed by atoms with Gasteiger partial charge in [0.15, 0.2) is 0 Å². The Morgan fingerprint density at radius 2 is 1.78 bits per heavy atom. The maximum Gasteiger partial charge on any atom is 0.260 e. The zero-order valence-electron chi connectivity index (χ0n) is 5.03. The van der Waals surface area contributed by atoms with Crippen LogP contribution in [0.2, 0.25) is 0 Å². The van der Waals surface area contributed by atoms with Gasteiger partial charge in [-0.25, -0.2) is 8.78 Å². The average Bonchev–Trinajstić information content (AvgIpc) is 2.41. The van der Waals surface area contributed by atoms with Gasteiger partial charge in [0.05, 0.1) is 5.41 Å². The molecule has 0 amide bonds. The number of hydrogen-bond donors (Lipinski definition) is 0. The first-order chi connectivity index (χ1) is 4.16. The quantitative estimate of drug-likeness (QED) is 0.441. The minimum Gasteiger partial charge on any atom is -0.206 e. The SMILES string of the molecule is FC1(F)CCCC12C=C2. The van der Waals surface area contributed by atoms with Crippen LogP contribution in [0.5, 0.6) is 0 Å². The van der Waals surface area contributed by atoms with Crippen molar-refractivity contribution in [1.82, 2.24) is 0 Å². The molecular weight excluding hydrogens is 122 g/mol. The van der Waals surface area contributed by atoms with Crippen LogP contribution in [-0.2, 0) is 0 Å². The van der Waals surface area contributed by atoms with E-state index in [0.717, 1.165) is 0 Å². The first-order valence-electron chi connectivity index (χ1n) is 3.25. The van der Waals surface area contributed by atoms with Crippen LogP contribution in [0.25, 0.3) is 0 Å². The predicted octanol–water partition coefficient (Wildman–Crippen LogP) is 2.36. The standard InChI is InChI=1S/C7H8F2/c8-7(9)3-1-2-6(7)4-5-6/h4-5H,1-3H2. The fourth-order valence-electron chi connectivity index (χ4n) is 1.53. The number of alkyl halides is 2. The molecule has 2 aliphatic carbocycles. The Morgan fingerprint density at radius 1 is 1.11 bits per heavy atom. The third-order valence-corrected chi connectivity index (χ3v) is 2.33. The molecule has 0 unspecified atom stereocenters. The van der Waals surface area contributed by atoms with Crippen molar-refractivity contribution in [1.29, 1.82) is 0 Å². The van der Waals surface area contributed by atoms with Gasteiger partial charge in [0, 0.05) is 6.42 Å². The third kappa shape index (κ3) is 0.511. The molecular formula is C7H8F2. The van der Waals surface area contributed by atoms with Crippen molar-refractivity contribution in [3.63, 3.8) is 0 Å². The summed E-state index contributed by atoms with van der Waals surface area (Å²) < 4.78 is 25.4. The van der Waals surface area contributed by atoms with Crippen LogP contribution in [-0.4, -0.2) is 5.92 Å². The zero-order valence-corrected chi connectivity index (χ0v) is 5.03. The van der Waals surface area contributed by atoms with Gasteiger partial charge in [0.25, 0.3) is 5.92 Å². The summed E-state index contributed by atoms with van der Waals surface area (Å²) in [6.45, 7) is 0. The summed E-state index contributed by atoms with van der Waals surface area (Å²) in [5, 5.41) is 0. The molecule has 1 fully saturated rings. The summed E-state index contributed by atoms with van der Waals surface area (Å²) in [5.41, 5.74) is -0.743. The fourth-order valence-corrected chi connectivity index (χ4v) is 1.53. The molecule has 1 saturated carbocycles. The smallest absolute Gasteiger partial charge is 0.206 e. The van der Waals surface area contributed by atoms with Gasteiger partial charge in [-0.1, -0.05) is 12.2 Å². The molecule has 50 valence electrons. The molecule has 0 saturated heterocycles. The predicted molar refractivity (Wildman–Crippen MR) is 30.4 cm³/mol. The summed E-state index contributed by atoms with van der Waals surface area (Å²) in [7, 11) is 0. The molecule has 0 N–H and O–H groups in total. The molecule has 0 atom stereocenters. The van der Waals surface area contributed by atoms with E-state index >= 15 is 0 Å². The topological polar surface area (TPSA) is 0 Å². The summed E-state index contributed by atoms with van der Waals surface area (Å²) in [6, 6.07) is 0. The Balaban J connectivity index is 2.24. The van der Waals surface area contributed by atoms with Crippen molar-refractivity contribution >= 4 is 0 Å². The normalized spacial score (nSPS) is 33.6. The van der Waals surface area contributed by atoms with E-state index in [-0.39, 0.29) is 6.42 Å². The Labute approximate surface area is 52.6 Å². The zero-order chi connectivity index (χ0) is 6.54. The highest BCUT2D eigenvalue weighted by Gasteiger charge is 2.59. The molecule has 1 spiro atoms. The summed E-state index contributed by atoms with van der Waals surface area (Å²) in [6.07, 6.45) is 4.71. The molecule has 0 aromatic carbocycles. The van der Waals surface area contributed by atoms with E-state index in [1.54, 1.807) is 12.2 Å². The average molecular weight is 130 g/mol. The fraction of sp³-hybridized carbons (Fsp3) is 0.714. The minimum atomic E-state index is -2.41. The van der Waals surface area contributed by atoms with Gasteiger partial charge in [-0.3, -0.25) is 0 Å². The third-order valence-electron chi connectivity index (χ3n) is 2.33. The second kappa shape index (κ2) is 1.20. The maximum absolute atomic E-state index is 12.7. The highest BCUT2D eigenvalue weighted by Crippen LogP contribution is 2.59. The summed E-state index contributed by atoms with van der Waals surface area (Å²) in [4.78, 5) is 0. The van der Waals surface area contributed by atoms with Crippen molar-refractivity contribution in [2.24, 2.45) is 5.41 Å². The Morgan fingerprint density at radius 3 is 2.00 bits per heavy atom. The van der Waals surface area contributed by atoms with Crippen LogP contribution in [0.4, 0.5) is 8.78 Å². The first kappa shape index (κ1) is 5.39. The van der Waals surface area contributed by atoms with E-state index in [4.69, 9.17) is 0 Å². The Bertz CT molecular complexity index is 160. The van der Waals surface area contributed by atoms with Crippen LogP contribution in [0, 0.1) is 5.41 Å². The highest BCUT2D eigenvalue weighted by molar-refractivity contribution is 5.33. The van der Waals surface area contributed by atoms with E-state index in [0.29, 0.717) is 12.8 Å². The van der Waals surface area contributed by atoms with Gasteiger partial charge >= 0.3 is 0 Å². The minimum absolute atomic E-state index is 0.0833. The van der Waals surface area contributed by atoms with E-state index in [9.17, 15) is 8.78 Å². The van der Waals surface area contributed by atoms with Crippen molar-refractivity contribution in [2.75, 3.05) is 0 Å². The van der Waals surface area contributed by atoms with Gasteiger partial charge in [0.2, 0.25) is 0 Å². The molecule has 0 nitrogen and oxygen atoms in total. The molecule has 0 heterocycles. The summed E-state index contributed by atoms with van der Waals surface area (Å²) in [5.74, 6) is -2.41. The van der Waals surface area contributed by atoms with Crippen LogP contribution < -0.4 is 0 Å². The number of allylic oxidation sites excluding steroid dienone is 2. The molecule has 9 heavy (non-hydrogen) atoms. The number of rotatable bonds is 0. The van der Waals surface area contributed by atoms with Crippen molar-refractivity contribution < 1.29 is 8.78 Å². The monoisotopic (exact) mass is 130 g/mol. The molecule has 0 aromatic heterocycles. The lowest BCUT2D eigenvalue weighted by molar-refractivity contribution is -0.0382. The lowest BCUT2D eigenvalue weighted by Gasteiger charge is -2.17. The van der Waals surface area contributed by atoms with Crippen LogP contribution >= 0.6 is 0 Å². The van der Waals surface area contributed by atoms with E-state index in [2.05, 4.69) is 0 Å². The van der Waals surface area contributed by atoms with Crippen molar-refractivity contribution in [3.8, 4) is 0 Å². The van der Waals surface area contributed by atoms with Gasteiger partial charge in [-0.05, 0) is 12.8 Å². The molecule has 0 radical (unpaired) electrons. The Kier molecular flexibility index (Phi) is 0.719.